The minimum Gasteiger partial charge on any atom is -0.488 e. The summed E-state index contributed by atoms with van der Waals surface area (Å²) >= 11 is 1.62. The van der Waals surface area contributed by atoms with Crippen molar-refractivity contribution in [1.29, 1.82) is 0 Å². The van der Waals surface area contributed by atoms with Gasteiger partial charge in [-0.3, -0.25) is 9.59 Å². The van der Waals surface area contributed by atoms with Crippen molar-refractivity contribution in [2.24, 2.45) is 17.8 Å². The third-order valence-corrected chi connectivity index (χ3v) is 9.81. The minimum atomic E-state index is -0.646. The van der Waals surface area contributed by atoms with Crippen LogP contribution in [-0.2, 0) is 11.4 Å². The molecule has 3 aromatic rings. The summed E-state index contributed by atoms with van der Waals surface area (Å²) in [5, 5.41) is 12.7. The molecule has 2 saturated heterocycles. The SMILES string of the molecule is Cc1ccc(OCc2ccc(C(=O)N3CCCCC3)cc2C)c(-c2csc(N3C[C@H]4CC[C@@H](C3)[C@H]4C(=O)O)n2)c1. The number of ether oxygens (including phenoxy) is 1. The molecule has 40 heavy (non-hydrogen) atoms. The Morgan fingerprint density at radius 2 is 1.77 bits per heavy atom. The molecule has 1 aliphatic carbocycles. The van der Waals surface area contributed by atoms with E-state index in [2.05, 4.69) is 23.3 Å². The quantitative estimate of drug-likeness (QED) is 0.372. The van der Waals surface area contributed by atoms with Crippen molar-refractivity contribution in [3.05, 3.63) is 64.0 Å². The standard InChI is InChI=1S/C32H37N3O4S/c1-20-6-11-28(39-18-25-10-7-22(15-21(25)2)30(36)34-12-4-3-5-13-34)26(14-20)27-19-40-32(33-27)35-16-23-8-9-24(17-35)29(23)31(37)38/h6-7,10-11,14-15,19,23-24,29H,3-5,8-9,12-13,16-18H2,1-2H3,(H,37,38)/t23-,24+,29+. The van der Waals surface area contributed by atoms with Crippen molar-refractivity contribution in [3.63, 3.8) is 0 Å². The van der Waals surface area contributed by atoms with Gasteiger partial charge in [-0.05, 0) is 93.2 Å². The van der Waals surface area contributed by atoms with Gasteiger partial charge >= 0.3 is 5.97 Å². The van der Waals surface area contributed by atoms with Crippen LogP contribution in [0.4, 0.5) is 5.13 Å². The molecule has 210 valence electrons. The number of thiazole rings is 1. The summed E-state index contributed by atoms with van der Waals surface area (Å²) in [5.74, 6) is 0.438. The summed E-state index contributed by atoms with van der Waals surface area (Å²) < 4.78 is 6.36. The lowest BCUT2D eigenvalue weighted by molar-refractivity contribution is -0.144. The van der Waals surface area contributed by atoms with E-state index < -0.39 is 5.97 Å². The third-order valence-electron chi connectivity index (χ3n) is 8.91. The highest BCUT2D eigenvalue weighted by Gasteiger charge is 2.46. The van der Waals surface area contributed by atoms with E-state index in [4.69, 9.17) is 9.72 Å². The molecule has 3 atom stereocenters. The Morgan fingerprint density at radius 3 is 2.48 bits per heavy atom. The van der Waals surface area contributed by atoms with Gasteiger partial charge in [0.15, 0.2) is 5.13 Å². The second kappa shape index (κ2) is 11.2. The fourth-order valence-electron chi connectivity index (χ4n) is 6.71. The number of nitrogens with zero attached hydrogens (tertiary/aromatic N) is 3. The molecule has 1 N–H and O–H groups in total. The van der Waals surface area contributed by atoms with Gasteiger partial charge in [0.1, 0.15) is 12.4 Å². The van der Waals surface area contributed by atoms with Crippen LogP contribution in [0.2, 0.25) is 0 Å². The number of benzene rings is 2. The number of carbonyl (C=O) groups is 2. The lowest BCUT2D eigenvalue weighted by Crippen LogP contribution is -2.44. The third kappa shape index (κ3) is 5.33. The number of aromatic nitrogens is 1. The second-order valence-electron chi connectivity index (χ2n) is 11.7. The van der Waals surface area contributed by atoms with Crippen LogP contribution in [0.15, 0.2) is 41.8 Å². The number of aryl methyl sites for hydroxylation is 2. The van der Waals surface area contributed by atoms with Crippen molar-refractivity contribution in [2.75, 3.05) is 31.1 Å². The summed E-state index contributed by atoms with van der Waals surface area (Å²) in [6, 6.07) is 12.1. The van der Waals surface area contributed by atoms with Crippen LogP contribution < -0.4 is 9.64 Å². The molecule has 3 aliphatic rings. The van der Waals surface area contributed by atoms with Crippen molar-refractivity contribution in [1.82, 2.24) is 9.88 Å². The molecule has 0 spiro atoms. The Bertz CT molecular complexity index is 1400. The average Bonchev–Trinajstić information content (AvgIpc) is 3.55. The number of carboxylic acid groups (broad SMARTS) is 1. The van der Waals surface area contributed by atoms with Crippen molar-refractivity contribution < 1.29 is 19.4 Å². The topological polar surface area (TPSA) is 83.0 Å². The summed E-state index contributed by atoms with van der Waals surface area (Å²) in [6.07, 6.45) is 5.34. The molecule has 3 heterocycles. The van der Waals surface area contributed by atoms with Crippen LogP contribution in [-0.4, -0.2) is 53.0 Å². The predicted octanol–water partition coefficient (Wildman–Crippen LogP) is 6.18. The summed E-state index contributed by atoms with van der Waals surface area (Å²) in [4.78, 5) is 33.9. The van der Waals surface area contributed by atoms with Gasteiger partial charge in [0.2, 0.25) is 0 Å². The highest BCUT2D eigenvalue weighted by molar-refractivity contribution is 7.14. The van der Waals surface area contributed by atoms with E-state index in [0.29, 0.717) is 6.61 Å². The lowest BCUT2D eigenvalue weighted by atomic mass is 9.85. The van der Waals surface area contributed by atoms with Gasteiger partial charge in [-0.25, -0.2) is 4.98 Å². The number of carboxylic acids is 1. The van der Waals surface area contributed by atoms with Crippen LogP contribution in [0.25, 0.3) is 11.3 Å². The zero-order valence-corrected chi connectivity index (χ0v) is 24.1. The number of fused-ring (bicyclic) bond motifs is 2. The number of hydrogen-bond donors (Lipinski definition) is 1. The van der Waals surface area contributed by atoms with E-state index in [-0.39, 0.29) is 23.7 Å². The summed E-state index contributed by atoms with van der Waals surface area (Å²) in [6.45, 7) is 7.72. The van der Waals surface area contributed by atoms with Crippen LogP contribution in [0, 0.1) is 31.6 Å². The minimum absolute atomic E-state index is 0.121. The molecular weight excluding hydrogens is 522 g/mol. The monoisotopic (exact) mass is 559 g/mol. The molecule has 0 unspecified atom stereocenters. The maximum absolute atomic E-state index is 12.9. The highest BCUT2D eigenvalue weighted by atomic mass is 32.1. The first-order chi connectivity index (χ1) is 19.4. The van der Waals surface area contributed by atoms with E-state index in [1.54, 1.807) is 11.3 Å². The normalized spacial score (nSPS) is 22.4. The van der Waals surface area contributed by atoms with Gasteiger partial charge < -0.3 is 19.6 Å². The fourth-order valence-corrected chi connectivity index (χ4v) is 7.56. The van der Waals surface area contributed by atoms with E-state index in [9.17, 15) is 14.7 Å². The van der Waals surface area contributed by atoms with Crippen LogP contribution >= 0.6 is 11.3 Å². The first-order valence-electron chi connectivity index (χ1n) is 14.4. The Morgan fingerprint density at radius 1 is 1.02 bits per heavy atom. The van der Waals surface area contributed by atoms with E-state index >= 15 is 0 Å². The molecule has 3 fully saturated rings. The summed E-state index contributed by atoms with van der Waals surface area (Å²) in [5.41, 5.74) is 5.82. The maximum atomic E-state index is 12.9. The average molecular weight is 560 g/mol. The van der Waals surface area contributed by atoms with Crippen molar-refractivity contribution in [2.45, 2.75) is 52.6 Å². The Labute approximate surface area is 239 Å². The number of carbonyl (C=O) groups excluding carboxylic acids is 1. The van der Waals surface area contributed by atoms with Crippen LogP contribution in [0.3, 0.4) is 0 Å². The number of hydrogen-bond acceptors (Lipinski definition) is 6. The van der Waals surface area contributed by atoms with Gasteiger partial charge in [-0.15, -0.1) is 11.3 Å². The van der Waals surface area contributed by atoms with Crippen molar-refractivity contribution >= 4 is 28.3 Å². The molecule has 2 aliphatic heterocycles. The Hall–Kier alpha value is -3.39. The van der Waals surface area contributed by atoms with Crippen LogP contribution in [0.1, 0.15) is 59.2 Å². The summed E-state index contributed by atoms with van der Waals surface area (Å²) in [7, 11) is 0. The van der Waals surface area contributed by atoms with Gasteiger partial charge in [0, 0.05) is 42.7 Å². The molecule has 1 amide bonds. The molecule has 1 aromatic heterocycles. The second-order valence-corrected chi connectivity index (χ2v) is 12.5. The maximum Gasteiger partial charge on any atom is 0.307 e. The highest BCUT2D eigenvalue weighted by Crippen LogP contribution is 2.44. The first kappa shape index (κ1) is 26.8. The van der Waals surface area contributed by atoms with E-state index in [0.717, 1.165) is 96.3 Å². The number of piperidine rings is 2. The van der Waals surface area contributed by atoms with Crippen molar-refractivity contribution in [3.8, 4) is 17.0 Å². The van der Waals surface area contributed by atoms with Gasteiger partial charge in [-0.2, -0.15) is 0 Å². The lowest BCUT2D eigenvalue weighted by Gasteiger charge is -2.35. The molecule has 8 heteroatoms. The van der Waals surface area contributed by atoms with E-state index in [1.165, 1.54) is 6.42 Å². The molecule has 0 radical (unpaired) electrons. The van der Waals surface area contributed by atoms with Gasteiger partial charge in [0.25, 0.3) is 5.91 Å². The molecular formula is C32H37N3O4S. The Kier molecular flexibility index (Phi) is 7.53. The number of amides is 1. The van der Waals surface area contributed by atoms with Gasteiger partial charge in [0.05, 0.1) is 11.6 Å². The van der Waals surface area contributed by atoms with E-state index in [1.807, 2.05) is 42.2 Å². The smallest absolute Gasteiger partial charge is 0.307 e. The zero-order chi connectivity index (χ0) is 27.8. The molecule has 2 bridgehead atoms. The number of aliphatic carboxylic acids is 1. The number of likely N-dealkylation sites (tertiary alicyclic amines) is 1. The molecule has 1 saturated carbocycles. The van der Waals surface area contributed by atoms with Crippen LogP contribution in [0.5, 0.6) is 5.75 Å². The number of rotatable bonds is 7. The zero-order valence-electron chi connectivity index (χ0n) is 23.3. The number of anilines is 1. The Balaban J connectivity index is 1.16. The molecule has 7 nitrogen and oxygen atoms in total. The molecule has 2 aromatic carbocycles. The largest absolute Gasteiger partial charge is 0.488 e. The molecule has 6 rings (SSSR count). The van der Waals surface area contributed by atoms with Gasteiger partial charge in [-0.1, -0.05) is 17.7 Å². The fraction of sp³-hybridized carbons (Fsp3) is 0.469. The predicted molar refractivity (Wildman–Crippen MR) is 157 cm³/mol. The first-order valence-corrected chi connectivity index (χ1v) is 15.3.